The fraction of sp³-hybridized carbons (Fsp3) is 0.917. The van der Waals surface area contributed by atoms with Crippen LogP contribution in [-0.4, -0.2) is 43.2 Å². The molecule has 2 unspecified atom stereocenters. The summed E-state index contributed by atoms with van der Waals surface area (Å²) in [6.45, 7) is 9.11. The van der Waals surface area contributed by atoms with E-state index < -0.39 is 0 Å². The smallest absolute Gasteiger partial charge is 0.251 e. The Kier molecular flexibility index (Phi) is 7.34. The number of rotatable bonds is 7. The predicted octanol–water partition coefficient (Wildman–Crippen LogP) is 1.24. The van der Waals surface area contributed by atoms with E-state index in [1.807, 2.05) is 6.92 Å². The van der Waals surface area contributed by atoms with Gasteiger partial charge in [-0.25, -0.2) is 0 Å². The third-order valence-corrected chi connectivity index (χ3v) is 2.79. The van der Waals surface area contributed by atoms with Crippen LogP contribution < -0.4 is 5.73 Å². The number of hydrogen-bond donors (Lipinski definition) is 1. The highest BCUT2D eigenvalue weighted by molar-refractivity contribution is 5.80. The summed E-state index contributed by atoms with van der Waals surface area (Å²) < 4.78 is 5.26. The fourth-order valence-corrected chi connectivity index (χ4v) is 1.42. The first-order valence-corrected chi connectivity index (χ1v) is 6.02. The van der Waals surface area contributed by atoms with E-state index in [9.17, 15) is 4.79 Å². The van der Waals surface area contributed by atoms with Gasteiger partial charge in [-0.2, -0.15) is 0 Å². The van der Waals surface area contributed by atoms with E-state index in [1.165, 1.54) is 0 Å². The van der Waals surface area contributed by atoms with Crippen molar-refractivity contribution in [2.24, 2.45) is 11.7 Å². The minimum absolute atomic E-state index is 0.0257. The SMILES string of the molecule is CCOC(C)C(=O)N(C)CCC(N)C(C)C. The van der Waals surface area contributed by atoms with Gasteiger partial charge in [-0.3, -0.25) is 4.79 Å². The lowest BCUT2D eigenvalue weighted by Gasteiger charge is -2.24. The molecule has 1 amide bonds. The third kappa shape index (κ3) is 5.47. The molecule has 96 valence electrons. The largest absolute Gasteiger partial charge is 0.369 e. The lowest BCUT2D eigenvalue weighted by Crippen LogP contribution is -2.39. The third-order valence-electron chi connectivity index (χ3n) is 2.79. The lowest BCUT2D eigenvalue weighted by atomic mass is 10.0. The van der Waals surface area contributed by atoms with Crippen LogP contribution in [0.4, 0.5) is 0 Å². The molecule has 0 rings (SSSR count). The Bertz CT molecular complexity index is 207. The van der Waals surface area contributed by atoms with Crippen molar-refractivity contribution < 1.29 is 9.53 Å². The van der Waals surface area contributed by atoms with Gasteiger partial charge in [0.25, 0.3) is 5.91 Å². The van der Waals surface area contributed by atoms with Crippen LogP contribution in [0.25, 0.3) is 0 Å². The fourth-order valence-electron chi connectivity index (χ4n) is 1.42. The zero-order chi connectivity index (χ0) is 12.7. The summed E-state index contributed by atoms with van der Waals surface area (Å²) in [6.07, 6.45) is 0.476. The molecule has 2 N–H and O–H groups in total. The van der Waals surface area contributed by atoms with Crippen LogP contribution in [0.5, 0.6) is 0 Å². The van der Waals surface area contributed by atoms with Gasteiger partial charge in [0.05, 0.1) is 0 Å². The molecule has 0 heterocycles. The molecule has 0 aromatic heterocycles. The second kappa shape index (κ2) is 7.63. The number of nitrogens with two attached hydrogens (primary N) is 1. The number of carbonyl (C=O) groups is 1. The molecule has 4 nitrogen and oxygen atoms in total. The monoisotopic (exact) mass is 230 g/mol. The van der Waals surface area contributed by atoms with Crippen molar-refractivity contribution >= 4 is 5.91 Å². The number of nitrogens with zero attached hydrogens (tertiary/aromatic N) is 1. The topological polar surface area (TPSA) is 55.6 Å². The standard InChI is InChI=1S/C12H26N2O2/c1-6-16-10(4)12(15)14(5)8-7-11(13)9(2)3/h9-11H,6-8,13H2,1-5H3. The van der Waals surface area contributed by atoms with Crippen molar-refractivity contribution in [1.82, 2.24) is 4.90 Å². The van der Waals surface area contributed by atoms with Gasteiger partial charge in [-0.15, -0.1) is 0 Å². The van der Waals surface area contributed by atoms with Crippen LogP contribution in [0.2, 0.25) is 0 Å². The minimum atomic E-state index is -0.356. The first-order valence-electron chi connectivity index (χ1n) is 6.02. The highest BCUT2D eigenvalue weighted by Crippen LogP contribution is 2.05. The summed E-state index contributed by atoms with van der Waals surface area (Å²) in [5, 5.41) is 0. The highest BCUT2D eigenvalue weighted by Gasteiger charge is 2.18. The molecule has 0 aromatic rings. The molecule has 0 aliphatic carbocycles. The second-order valence-electron chi connectivity index (χ2n) is 4.55. The molecule has 0 spiro atoms. The van der Waals surface area contributed by atoms with Crippen molar-refractivity contribution in [3.8, 4) is 0 Å². The highest BCUT2D eigenvalue weighted by atomic mass is 16.5. The van der Waals surface area contributed by atoms with Crippen LogP contribution in [0.15, 0.2) is 0 Å². The summed E-state index contributed by atoms with van der Waals surface area (Å²) in [5.74, 6) is 0.477. The Labute approximate surface area is 99.1 Å². The molecule has 0 aromatic carbocycles. The van der Waals surface area contributed by atoms with E-state index in [2.05, 4.69) is 13.8 Å². The molecule has 16 heavy (non-hydrogen) atoms. The number of likely N-dealkylation sites (N-methyl/N-ethyl adjacent to an activating group) is 1. The molecule has 0 saturated carbocycles. The van der Waals surface area contributed by atoms with Gasteiger partial charge in [-0.1, -0.05) is 13.8 Å². The van der Waals surface area contributed by atoms with E-state index in [-0.39, 0.29) is 18.1 Å². The van der Waals surface area contributed by atoms with Crippen LogP contribution in [0.1, 0.15) is 34.1 Å². The average molecular weight is 230 g/mol. The van der Waals surface area contributed by atoms with Crippen molar-refractivity contribution in [2.45, 2.75) is 46.3 Å². The quantitative estimate of drug-likeness (QED) is 0.716. The van der Waals surface area contributed by atoms with E-state index in [1.54, 1.807) is 18.9 Å². The van der Waals surface area contributed by atoms with Crippen molar-refractivity contribution in [3.63, 3.8) is 0 Å². The minimum Gasteiger partial charge on any atom is -0.369 e. The lowest BCUT2D eigenvalue weighted by molar-refractivity contribution is -0.141. The molecule has 0 bridgehead atoms. The molecule has 0 aliphatic heterocycles. The number of ether oxygens (including phenoxy) is 1. The van der Waals surface area contributed by atoms with E-state index in [0.717, 1.165) is 6.42 Å². The Balaban J connectivity index is 3.96. The Morgan fingerprint density at radius 1 is 1.38 bits per heavy atom. The van der Waals surface area contributed by atoms with E-state index in [0.29, 0.717) is 19.1 Å². The van der Waals surface area contributed by atoms with Gasteiger partial charge < -0.3 is 15.4 Å². The van der Waals surface area contributed by atoms with Crippen LogP contribution in [0, 0.1) is 5.92 Å². The van der Waals surface area contributed by atoms with Gasteiger partial charge in [-0.05, 0) is 26.2 Å². The predicted molar refractivity (Wildman–Crippen MR) is 66.2 cm³/mol. The number of amides is 1. The summed E-state index contributed by atoms with van der Waals surface area (Å²) in [6, 6.07) is 0.151. The van der Waals surface area contributed by atoms with Gasteiger partial charge in [0.2, 0.25) is 0 Å². The molecule has 4 heteroatoms. The molecule has 0 aliphatic rings. The summed E-state index contributed by atoms with van der Waals surface area (Å²) in [7, 11) is 1.80. The number of hydrogen-bond acceptors (Lipinski definition) is 3. The number of carbonyl (C=O) groups excluding carboxylic acids is 1. The summed E-state index contributed by atoms with van der Waals surface area (Å²) in [4.78, 5) is 13.5. The summed E-state index contributed by atoms with van der Waals surface area (Å²) in [5.41, 5.74) is 5.93. The van der Waals surface area contributed by atoms with Gasteiger partial charge >= 0.3 is 0 Å². The van der Waals surface area contributed by atoms with Gasteiger partial charge in [0.15, 0.2) is 0 Å². The zero-order valence-corrected chi connectivity index (χ0v) is 11.2. The van der Waals surface area contributed by atoms with Crippen molar-refractivity contribution in [1.29, 1.82) is 0 Å². The molecule has 0 radical (unpaired) electrons. The second-order valence-corrected chi connectivity index (χ2v) is 4.55. The maximum absolute atomic E-state index is 11.8. The van der Waals surface area contributed by atoms with Crippen LogP contribution in [-0.2, 0) is 9.53 Å². The zero-order valence-electron chi connectivity index (χ0n) is 11.2. The average Bonchev–Trinajstić information content (AvgIpc) is 2.24. The maximum atomic E-state index is 11.8. The van der Waals surface area contributed by atoms with E-state index in [4.69, 9.17) is 10.5 Å². The Hall–Kier alpha value is -0.610. The Morgan fingerprint density at radius 2 is 1.94 bits per heavy atom. The van der Waals surface area contributed by atoms with E-state index >= 15 is 0 Å². The van der Waals surface area contributed by atoms with Gasteiger partial charge in [0.1, 0.15) is 6.10 Å². The molecular weight excluding hydrogens is 204 g/mol. The maximum Gasteiger partial charge on any atom is 0.251 e. The van der Waals surface area contributed by atoms with Crippen LogP contribution in [0.3, 0.4) is 0 Å². The summed E-state index contributed by atoms with van der Waals surface area (Å²) >= 11 is 0. The van der Waals surface area contributed by atoms with Gasteiger partial charge in [0, 0.05) is 26.2 Å². The first-order chi connectivity index (χ1) is 7.40. The Morgan fingerprint density at radius 3 is 2.38 bits per heavy atom. The first kappa shape index (κ1) is 15.4. The normalized spacial score (nSPS) is 14.9. The molecule has 2 atom stereocenters. The van der Waals surface area contributed by atoms with Crippen molar-refractivity contribution in [3.05, 3.63) is 0 Å². The molecule has 0 saturated heterocycles. The van der Waals surface area contributed by atoms with Crippen molar-refractivity contribution in [2.75, 3.05) is 20.2 Å². The van der Waals surface area contributed by atoms with Crippen LogP contribution >= 0.6 is 0 Å². The molecular formula is C12H26N2O2. The molecule has 0 fully saturated rings.